The molecule has 1 aromatic rings. The van der Waals surface area contributed by atoms with Gasteiger partial charge in [-0.15, -0.1) is 0 Å². The molecule has 0 aliphatic carbocycles. The Morgan fingerprint density at radius 1 is 1.32 bits per heavy atom. The molecule has 1 rings (SSSR count). The Hall–Kier alpha value is -0.910. The summed E-state index contributed by atoms with van der Waals surface area (Å²) in [6.45, 7) is 8.07. The second-order valence-electron chi connectivity index (χ2n) is 5.33. The predicted molar refractivity (Wildman–Crippen MR) is 78.6 cm³/mol. The van der Waals surface area contributed by atoms with E-state index < -0.39 is 15.6 Å². The molecule has 0 amide bonds. The molecular weight excluding hydrogens is 260 g/mol. The average Bonchev–Trinajstić information content (AvgIpc) is 2.27. The lowest BCUT2D eigenvalue weighted by Crippen LogP contribution is -2.46. The topological polar surface area (TPSA) is 72.2 Å². The van der Waals surface area contributed by atoms with E-state index in [0.29, 0.717) is 24.3 Å². The van der Waals surface area contributed by atoms with Crippen LogP contribution < -0.4 is 10.5 Å². The van der Waals surface area contributed by atoms with Crippen molar-refractivity contribution in [3.8, 4) is 0 Å². The minimum Gasteiger partial charge on any atom is -0.330 e. The number of sulfonamides is 1. The van der Waals surface area contributed by atoms with E-state index in [-0.39, 0.29) is 0 Å². The van der Waals surface area contributed by atoms with Gasteiger partial charge in [-0.1, -0.05) is 24.6 Å². The van der Waals surface area contributed by atoms with E-state index in [1.807, 2.05) is 39.8 Å². The monoisotopic (exact) mass is 284 g/mol. The van der Waals surface area contributed by atoms with Crippen LogP contribution in [0.15, 0.2) is 23.1 Å². The first-order valence-electron chi connectivity index (χ1n) is 6.55. The van der Waals surface area contributed by atoms with Crippen molar-refractivity contribution in [2.75, 3.05) is 6.54 Å². The van der Waals surface area contributed by atoms with Crippen molar-refractivity contribution in [1.29, 1.82) is 0 Å². The lowest BCUT2D eigenvalue weighted by molar-refractivity contribution is 0.379. The Bertz CT molecular complexity index is 540. The molecule has 1 unspecified atom stereocenters. The third kappa shape index (κ3) is 4.03. The SMILES string of the molecule is CCC(C)(CCN)NS(=O)(=O)c1ccc(C)cc1C. The summed E-state index contributed by atoms with van der Waals surface area (Å²) in [4.78, 5) is 0.342. The summed E-state index contributed by atoms with van der Waals surface area (Å²) in [7, 11) is -3.51. The summed E-state index contributed by atoms with van der Waals surface area (Å²) in [5, 5.41) is 0. The molecule has 0 saturated carbocycles. The normalized spacial score (nSPS) is 15.2. The van der Waals surface area contributed by atoms with Gasteiger partial charge in [0.05, 0.1) is 4.90 Å². The van der Waals surface area contributed by atoms with Crippen LogP contribution in [0.5, 0.6) is 0 Å². The fourth-order valence-electron chi connectivity index (χ4n) is 2.10. The third-order valence-corrected chi connectivity index (χ3v) is 5.28. The number of nitrogens with one attached hydrogen (secondary N) is 1. The average molecular weight is 284 g/mol. The maximum absolute atomic E-state index is 12.5. The van der Waals surface area contributed by atoms with Crippen molar-refractivity contribution in [3.63, 3.8) is 0 Å². The molecule has 0 bridgehead atoms. The Kier molecular flexibility index (Phi) is 5.12. The molecule has 0 spiro atoms. The van der Waals surface area contributed by atoms with E-state index in [1.165, 1.54) is 0 Å². The lowest BCUT2D eigenvalue weighted by atomic mass is 9.96. The van der Waals surface area contributed by atoms with E-state index >= 15 is 0 Å². The summed E-state index contributed by atoms with van der Waals surface area (Å²) in [6.07, 6.45) is 1.32. The zero-order valence-electron chi connectivity index (χ0n) is 12.2. The number of hydrogen-bond donors (Lipinski definition) is 2. The van der Waals surface area contributed by atoms with Crippen molar-refractivity contribution in [2.24, 2.45) is 5.73 Å². The highest BCUT2D eigenvalue weighted by Gasteiger charge is 2.29. The zero-order chi connectivity index (χ0) is 14.7. The molecule has 0 aliphatic heterocycles. The number of aryl methyl sites for hydroxylation is 2. The highest BCUT2D eigenvalue weighted by atomic mass is 32.2. The van der Waals surface area contributed by atoms with Crippen LogP contribution in [0.3, 0.4) is 0 Å². The Labute approximate surface area is 116 Å². The van der Waals surface area contributed by atoms with Gasteiger partial charge in [0.15, 0.2) is 0 Å². The lowest BCUT2D eigenvalue weighted by Gasteiger charge is -2.29. The first-order valence-corrected chi connectivity index (χ1v) is 8.04. The smallest absolute Gasteiger partial charge is 0.241 e. The number of nitrogens with two attached hydrogens (primary N) is 1. The molecule has 0 aromatic heterocycles. The van der Waals surface area contributed by atoms with E-state index in [0.717, 1.165) is 11.1 Å². The molecule has 5 heteroatoms. The minimum atomic E-state index is -3.51. The minimum absolute atomic E-state index is 0.342. The summed E-state index contributed by atoms with van der Waals surface area (Å²) >= 11 is 0. The second-order valence-corrected chi connectivity index (χ2v) is 6.98. The van der Waals surface area contributed by atoms with Crippen LogP contribution in [0, 0.1) is 13.8 Å². The number of rotatable bonds is 6. The largest absolute Gasteiger partial charge is 0.330 e. The summed E-state index contributed by atoms with van der Waals surface area (Å²) in [6, 6.07) is 5.35. The third-order valence-electron chi connectivity index (χ3n) is 3.48. The van der Waals surface area contributed by atoms with Gasteiger partial charge in [-0.25, -0.2) is 13.1 Å². The van der Waals surface area contributed by atoms with Crippen LogP contribution in [-0.4, -0.2) is 20.5 Å². The predicted octanol–water partition coefficient (Wildman–Crippen LogP) is 2.10. The van der Waals surface area contributed by atoms with Gasteiger partial charge in [0.1, 0.15) is 0 Å². The summed E-state index contributed by atoms with van der Waals surface area (Å²) in [5.74, 6) is 0. The van der Waals surface area contributed by atoms with E-state index in [9.17, 15) is 8.42 Å². The van der Waals surface area contributed by atoms with Crippen LogP contribution in [0.1, 0.15) is 37.8 Å². The molecule has 0 radical (unpaired) electrons. The Morgan fingerprint density at radius 2 is 1.95 bits per heavy atom. The fraction of sp³-hybridized carbons (Fsp3) is 0.571. The highest BCUT2D eigenvalue weighted by molar-refractivity contribution is 7.89. The molecular formula is C14H24N2O2S. The maximum atomic E-state index is 12.5. The molecule has 0 aliphatic rings. The van der Waals surface area contributed by atoms with Crippen molar-refractivity contribution < 1.29 is 8.42 Å². The van der Waals surface area contributed by atoms with Gasteiger partial charge < -0.3 is 5.73 Å². The molecule has 0 fully saturated rings. The van der Waals surface area contributed by atoms with E-state index in [1.54, 1.807) is 6.07 Å². The van der Waals surface area contributed by atoms with E-state index in [4.69, 9.17) is 5.73 Å². The first-order chi connectivity index (χ1) is 8.74. The van der Waals surface area contributed by atoms with Crippen LogP contribution in [0.4, 0.5) is 0 Å². The van der Waals surface area contributed by atoms with Crippen molar-refractivity contribution >= 4 is 10.0 Å². The van der Waals surface area contributed by atoms with Crippen molar-refractivity contribution in [3.05, 3.63) is 29.3 Å². The summed E-state index contributed by atoms with van der Waals surface area (Å²) < 4.78 is 27.7. The molecule has 0 saturated heterocycles. The standard InChI is InChI=1S/C14H24N2O2S/c1-5-14(4,8-9-15)16-19(17,18)13-7-6-11(2)10-12(13)3/h6-7,10,16H,5,8-9,15H2,1-4H3. The molecule has 4 nitrogen and oxygen atoms in total. The maximum Gasteiger partial charge on any atom is 0.241 e. The summed E-state index contributed by atoms with van der Waals surface area (Å²) in [5.41, 5.74) is 6.88. The van der Waals surface area contributed by atoms with Crippen molar-refractivity contribution in [1.82, 2.24) is 4.72 Å². The molecule has 3 N–H and O–H groups in total. The van der Waals surface area contributed by atoms with Gasteiger partial charge in [-0.2, -0.15) is 0 Å². The van der Waals surface area contributed by atoms with Gasteiger partial charge in [0.2, 0.25) is 10.0 Å². The van der Waals surface area contributed by atoms with Gasteiger partial charge >= 0.3 is 0 Å². The van der Waals surface area contributed by atoms with Gasteiger partial charge in [-0.3, -0.25) is 0 Å². The quantitative estimate of drug-likeness (QED) is 0.840. The van der Waals surface area contributed by atoms with Crippen molar-refractivity contribution in [2.45, 2.75) is 51.0 Å². The molecule has 1 aromatic carbocycles. The molecule has 108 valence electrons. The van der Waals surface area contributed by atoms with E-state index in [2.05, 4.69) is 4.72 Å². The fourth-order valence-corrected chi connectivity index (χ4v) is 3.83. The zero-order valence-corrected chi connectivity index (χ0v) is 13.0. The number of benzene rings is 1. The Morgan fingerprint density at radius 3 is 2.42 bits per heavy atom. The van der Waals surface area contributed by atoms with Crippen LogP contribution in [-0.2, 0) is 10.0 Å². The number of hydrogen-bond acceptors (Lipinski definition) is 3. The highest BCUT2D eigenvalue weighted by Crippen LogP contribution is 2.21. The van der Waals surface area contributed by atoms with Gasteiger partial charge in [0, 0.05) is 5.54 Å². The van der Waals surface area contributed by atoms with Gasteiger partial charge in [-0.05, 0) is 51.8 Å². The van der Waals surface area contributed by atoms with Crippen LogP contribution in [0.25, 0.3) is 0 Å². The molecule has 1 atom stereocenters. The Balaban J connectivity index is 3.10. The molecule has 0 heterocycles. The molecule has 19 heavy (non-hydrogen) atoms. The second kappa shape index (κ2) is 6.03. The van der Waals surface area contributed by atoms with Crippen LogP contribution >= 0.6 is 0 Å². The van der Waals surface area contributed by atoms with Gasteiger partial charge in [0.25, 0.3) is 0 Å². The van der Waals surface area contributed by atoms with Crippen LogP contribution in [0.2, 0.25) is 0 Å². The first kappa shape index (κ1) is 16.1.